The molecule has 1 heterocycles. The van der Waals surface area contributed by atoms with E-state index in [1.54, 1.807) is 0 Å². The summed E-state index contributed by atoms with van der Waals surface area (Å²) in [7, 11) is 0. The Morgan fingerprint density at radius 2 is 2.12 bits per heavy atom. The minimum Gasteiger partial charge on any atom is -0.399 e. The monoisotopic (exact) mass is 236 g/mol. The molecule has 0 amide bonds. The fraction of sp³-hybridized carbons (Fsp3) is 0.538. The molecule has 1 aliphatic rings. The summed E-state index contributed by atoms with van der Waals surface area (Å²) in [6.45, 7) is 1.22. The number of hydrogen-bond donors (Lipinski definition) is 2. The van der Waals surface area contributed by atoms with Crippen LogP contribution in [-0.4, -0.2) is 18.3 Å². The van der Waals surface area contributed by atoms with Crippen LogP contribution in [0.2, 0.25) is 0 Å². The van der Waals surface area contributed by atoms with Crippen LogP contribution in [0.5, 0.6) is 0 Å². The average Bonchev–Trinajstić information content (AvgIpc) is 2.80. The standard InChI is InChI=1S/C13H20N2S/c14-11-5-7-13(8-6-11)16-10-2-4-12-3-1-9-15-12/h5-8,12,15H,1-4,9-10,14H2. The Hall–Kier alpha value is -0.670. The first kappa shape index (κ1) is 11.8. The fourth-order valence-corrected chi connectivity index (χ4v) is 2.96. The molecule has 2 rings (SSSR count). The summed E-state index contributed by atoms with van der Waals surface area (Å²) >= 11 is 1.93. The molecule has 1 aromatic carbocycles. The Labute approximate surface area is 102 Å². The fourth-order valence-electron chi connectivity index (χ4n) is 2.09. The van der Waals surface area contributed by atoms with Gasteiger partial charge in [-0.15, -0.1) is 11.8 Å². The SMILES string of the molecule is Nc1ccc(SCCCC2CCCN2)cc1. The third kappa shape index (κ3) is 3.72. The number of thioether (sulfide) groups is 1. The van der Waals surface area contributed by atoms with Crippen LogP contribution >= 0.6 is 11.8 Å². The van der Waals surface area contributed by atoms with Crippen LogP contribution < -0.4 is 11.1 Å². The van der Waals surface area contributed by atoms with E-state index in [0.29, 0.717) is 0 Å². The molecule has 88 valence electrons. The van der Waals surface area contributed by atoms with Gasteiger partial charge in [0.05, 0.1) is 0 Å². The normalized spacial score (nSPS) is 20.1. The van der Waals surface area contributed by atoms with Crippen molar-refractivity contribution in [3.8, 4) is 0 Å². The average molecular weight is 236 g/mol. The number of nitrogen functional groups attached to an aromatic ring is 1. The van der Waals surface area contributed by atoms with E-state index < -0.39 is 0 Å². The predicted molar refractivity (Wildman–Crippen MR) is 71.8 cm³/mol. The minimum atomic E-state index is 0.784. The van der Waals surface area contributed by atoms with E-state index in [0.717, 1.165) is 11.7 Å². The molecule has 0 radical (unpaired) electrons. The number of hydrogen-bond acceptors (Lipinski definition) is 3. The maximum atomic E-state index is 5.65. The Balaban J connectivity index is 1.62. The van der Waals surface area contributed by atoms with Crippen LogP contribution in [0.3, 0.4) is 0 Å². The summed E-state index contributed by atoms with van der Waals surface area (Å²) in [5.41, 5.74) is 6.49. The molecule has 1 aromatic rings. The van der Waals surface area contributed by atoms with Gasteiger partial charge in [-0.1, -0.05) is 0 Å². The third-order valence-electron chi connectivity index (χ3n) is 3.01. The van der Waals surface area contributed by atoms with Gasteiger partial charge in [-0.3, -0.25) is 0 Å². The molecule has 0 spiro atoms. The summed E-state index contributed by atoms with van der Waals surface area (Å²) in [5, 5.41) is 3.54. The topological polar surface area (TPSA) is 38.0 Å². The largest absolute Gasteiger partial charge is 0.399 e. The van der Waals surface area contributed by atoms with Crippen molar-refractivity contribution in [2.45, 2.75) is 36.6 Å². The smallest absolute Gasteiger partial charge is 0.0314 e. The van der Waals surface area contributed by atoms with E-state index in [4.69, 9.17) is 5.73 Å². The molecule has 2 nitrogen and oxygen atoms in total. The zero-order valence-corrected chi connectivity index (χ0v) is 10.4. The van der Waals surface area contributed by atoms with Crippen molar-refractivity contribution >= 4 is 17.4 Å². The second kappa shape index (κ2) is 6.16. The number of nitrogens with two attached hydrogens (primary N) is 1. The summed E-state index contributed by atoms with van der Waals surface area (Å²) < 4.78 is 0. The molecular formula is C13H20N2S. The molecular weight excluding hydrogens is 216 g/mol. The first-order valence-corrected chi connectivity index (χ1v) is 7.05. The lowest BCUT2D eigenvalue weighted by Crippen LogP contribution is -2.20. The van der Waals surface area contributed by atoms with Crippen molar-refractivity contribution in [3.05, 3.63) is 24.3 Å². The zero-order chi connectivity index (χ0) is 11.2. The van der Waals surface area contributed by atoms with Gasteiger partial charge in [0.25, 0.3) is 0 Å². The summed E-state index contributed by atoms with van der Waals surface area (Å²) in [6.07, 6.45) is 5.34. The number of benzene rings is 1. The lowest BCUT2D eigenvalue weighted by atomic mass is 10.1. The van der Waals surface area contributed by atoms with Gasteiger partial charge < -0.3 is 11.1 Å². The molecule has 1 atom stereocenters. The van der Waals surface area contributed by atoms with Crippen molar-refractivity contribution in [2.75, 3.05) is 18.0 Å². The Morgan fingerprint density at radius 3 is 2.81 bits per heavy atom. The number of nitrogens with one attached hydrogen (secondary N) is 1. The van der Waals surface area contributed by atoms with Gasteiger partial charge >= 0.3 is 0 Å². The van der Waals surface area contributed by atoms with Crippen LogP contribution in [0, 0.1) is 0 Å². The Kier molecular flexibility index (Phi) is 4.55. The first-order valence-electron chi connectivity index (χ1n) is 6.06. The lowest BCUT2D eigenvalue weighted by Gasteiger charge is -2.09. The van der Waals surface area contributed by atoms with Crippen molar-refractivity contribution < 1.29 is 0 Å². The van der Waals surface area contributed by atoms with Crippen LogP contribution in [0.1, 0.15) is 25.7 Å². The highest BCUT2D eigenvalue weighted by Crippen LogP contribution is 2.21. The van der Waals surface area contributed by atoms with Crippen molar-refractivity contribution in [2.24, 2.45) is 0 Å². The van der Waals surface area contributed by atoms with Crippen molar-refractivity contribution in [1.82, 2.24) is 5.32 Å². The van der Waals surface area contributed by atoms with E-state index >= 15 is 0 Å². The molecule has 1 unspecified atom stereocenters. The molecule has 3 N–H and O–H groups in total. The molecule has 16 heavy (non-hydrogen) atoms. The van der Waals surface area contributed by atoms with Gasteiger partial charge in [0.2, 0.25) is 0 Å². The highest BCUT2D eigenvalue weighted by Gasteiger charge is 2.12. The van der Waals surface area contributed by atoms with Crippen LogP contribution in [-0.2, 0) is 0 Å². The van der Waals surface area contributed by atoms with E-state index in [1.165, 1.54) is 42.9 Å². The van der Waals surface area contributed by atoms with E-state index in [1.807, 2.05) is 23.9 Å². The summed E-state index contributed by atoms with van der Waals surface area (Å²) in [4.78, 5) is 1.33. The summed E-state index contributed by atoms with van der Waals surface area (Å²) in [5.74, 6) is 1.21. The second-order valence-corrected chi connectivity index (χ2v) is 5.52. The van der Waals surface area contributed by atoms with Gasteiger partial charge in [0, 0.05) is 16.6 Å². The summed E-state index contributed by atoms with van der Waals surface area (Å²) in [6, 6.07) is 8.94. The van der Waals surface area contributed by atoms with Crippen molar-refractivity contribution in [1.29, 1.82) is 0 Å². The highest BCUT2D eigenvalue weighted by atomic mass is 32.2. The molecule has 0 saturated carbocycles. The Morgan fingerprint density at radius 1 is 1.31 bits per heavy atom. The molecule has 0 aromatic heterocycles. The Bertz CT molecular complexity index is 304. The molecule has 0 aliphatic carbocycles. The van der Waals surface area contributed by atoms with E-state index in [-0.39, 0.29) is 0 Å². The predicted octanol–water partition coefficient (Wildman–Crippen LogP) is 2.89. The van der Waals surface area contributed by atoms with Gasteiger partial charge in [-0.2, -0.15) is 0 Å². The number of rotatable bonds is 5. The van der Waals surface area contributed by atoms with Gasteiger partial charge in [-0.05, 0) is 62.2 Å². The molecule has 0 bridgehead atoms. The third-order valence-corrected chi connectivity index (χ3v) is 4.11. The minimum absolute atomic E-state index is 0.784. The van der Waals surface area contributed by atoms with Crippen LogP contribution in [0.15, 0.2) is 29.2 Å². The van der Waals surface area contributed by atoms with Gasteiger partial charge in [0.1, 0.15) is 0 Å². The second-order valence-electron chi connectivity index (χ2n) is 4.35. The molecule has 1 aliphatic heterocycles. The quantitative estimate of drug-likeness (QED) is 0.469. The van der Waals surface area contributed by atoms with Gasteiger partial charge in [-0.25, -0.2) is 0 Å². The van der Waals surface area contributed by atoms with E-state index in [9.17, 15) is 0 Å². The molecule has 3 heteroatoms. The highest BCUT2D eigenvalue weighted by molar-refractivity contribution is 7.99. The van der Waals surface area contributed by atoms with E-state index in [2.05, 4.69) is 17.4 Å². The first-order chi connectivity index (χ1) is 7.84. The maximum Gasteiger partial charge on any atom is 0.0314 e. The zero-order valence-electron chi connectivity index (χ0n) is 9.61. The van der Waals surface area contributed by atoms with Crippen LogP contribution in [0.25, 0.3) is 0 Å². The lowest BCUT2D eigenvalue weighted by molar-refractivity contribution is 0.553. The van der Waals surface area contributed by atoms with Crippen molar-refractivity contribution in [3.63, 3.8) is 0 Å². The van der Waals surface area contributed by atoms with Crippen LogP contribution in [0.4, 0.5) is 5.69 Å². The van der Waals surface area contributed by atoms with Gasteiger partial charge in [0.15, 0.2) is 0 Å². The number of anilines is 1. The molecule has 1 fully saturated rings. The molecule has 1 saturated heterocycles. The maximum absolute atomic E-state index is 5.65.